The minimum Gasteiger partial charge on any atom is -0.493 e. The first-order chi connectivity index (χ1) is 14.7. The Balaban J connectivity index is 0.000000667. The number of anilines is 1. The summed E-state index contributed by atoms with van der Waals surface area (Å²) in [7, 11) is 0. The van der Waals surface area contributed by atoms with Gasteiger partial charge in [-0.25, -0.2) is 9.78 Å². The fourth-order valence-corrected chi connectivity index (χ4v) is 4.69. The SMILES string of the molecule is C1CC1.O=C(O)N[C@H]1CC[C@H](CCN2CCN(c3nccc4c3CCO4)CC2)CC1. The number of hydrogen-bond donors (Lipinski definition) is 2. The standard InChI is InChI=1S/C20H30N4O3.C3H6/c25-20(26)22-16-3-1-15(2-4-16)6-9-23-10-12-24(13-11-23)19-17-7-14-27-18(17)5-8-21-19;1-2-3-1/h5,8,15-16,22H,1-4,6-7,9-14H2,(H,25,26);1-3H2/t15-,16-;. The normalized spacial score (nSPS) is 25.5. The highest BCUT2D eigenvalue weighted by atomic mass is 16.5. The molecule has 7 heteroatoms. The second kappa shape index (κ2) is 10.3. The van der Waals surface area contributed by atoms with Crippen molar-refractivity contribution in [3.05, 3.63) is 17.8 Å². The molecule has 0 atom stereocenters. The lowest BCUT2D eigenvalue weighted by Gasteiger charge is -2.37. The third kappa shape index (κ3) is 6.00. The highest BCUT2D eigenvalue weighted by Crippen LogP contribution is 2.32. The van der Waals surface area contributed by atoms with Crippen LogP contribution in [0.4, 0.5) is 10.6 Å². The van der Waals surface area contributed by atoms with Crippen LogP contribution in [0.3, 0.4) is 0 Å². The van der Waals surface area contributed by atoms with Crippen LogP contribution in [0.25, 0.3) is 0 Å². The predicted molar refractivity (Wildman–Crippen MR) is 117 cm³/mol. The monoisotopic (exact) mass is 416 g/mol. The van der Waals surface area contributed by atoms with E-state index in [1.807, 2.05) is 12.3 Å². The lowest BCUT2D eigenvalue weighted by atomic mass is 9.84. The van der Waals surface area contributed by atoms with Crippen molar-refractivity contribution >= 4 is 11.9 Å². The Morgan fingerprint density at radius 3 is 2.53 bits per heavy atom. The minimum absolute atomic E-state index is 0.159. The Kier molecular flexibility index (Phi) is 7.31. The molecule has 2 saturated carbocycles. The number of piperazine rings is 1. The summed E-state index contributed by atoms with van der Waals surface area (Å²) in [5.41, 5.74) is 1.28. The van der Waals surface area contributed by atoms with Gasteiger partial charge >= 0.3 is 6.09 Å². The number of amides is 1. The van der Waals surface area contributed by atoms with Crippen molar-refractivity contribution in [1.29, 1.82) is 0 Å². The van der Waals surface area contributed by atoms with E-state index in [0.29, 0.717) is 0 Å². The maximum absolute atomic E-state index is 10.7. The molecule has 5 rings (SSSR count). The second-order valence-electron chi connectivity index (χ2n) is 9.05. The van der Waals surface area contributed by atoms with E-state index in [1.54, 1.807) is 0 Å². The van der Waals surface area contributed by atoms with Crippen molar-refractivity contribution in [3.63, 3.8) is 0 Å². The molecule has 1 saturated heterocycles. The number of carbonyl (C=O) groups is 1. The molecule has 3 fully saturated rings. The number of pyridine rings is 1. The van der Waals surface area contributed by atoms with Crippen LogP contribution >= 0.6 is 0 Å². The van der Waals surface area contributed by atoms with Crippen LogP contribution in [0.1, 0.15) is 56.9 Å². The molecule has 0 bridgehead atoms. The van der Waals surface area contributed by atoms with E-state index in [2.05, 4.69) is 20.1 Å². The minimum atomic E-state index is -0.888. The van der Waals surface area contributed by atoms with Crippen LogP contribution < -0.4 is 15.0 Å². The third-order valence-corrected chi connectivity index (χ3v) is 6.65. The number of hydrogen-bond acceptors (Lipinski definition) is 5. The fourth-order valence-electron chi connectivity index (χ4n) is 4.69. The molecule has 0 unspecified atom stereocenters. The zero-order chi connectivity index (χ0) is 20.8. The molecule has 2 N–H and O–H groups in total. The highest BCUT2D eigenvalue weighted by Gasteiger charge is 2.26. The third-order valence-electron chi connectivity index (χ3n) is 6.65. The maximum atomic E-state index is 10.7. The molecule has 166 valence electrons. The summed E-state index contributed by atoms with van der Waals surface area (Å²) in [5, 5.41) is 11.5. The van der Waals surface area contributed by atoms with Gasteiger partial charge in [-0.1, -0.05) is 19.3 Å². The van der Waals surface area contributed by atoms with Crippen LogP contribution in [0.2, 0.25) is 0 Å². The Bertz CT molecular complexity index is 693. The molecule has 1 amide bonds. The molecular weight excluding hydrogens is 380 g/mol. The van der Waals surface area contributed by atoms with Crippen molar-refractivity contribution in [1.82, 2.24) is 15.2 Å². The molecule has 30 heavy (non-hydrogen) atoms. The molecule has 2 aliphatic heterocycles. The van der Waals surface area contributed by atoms with Gasteiger partial charge in [0.2, 0.25) is 0 Å². The highest BCUT2D eigenvalue weighted by molar-refractivity contribution is 5.64. The van der Waals surface area contributed by atoms with E-state index in [1.165, 1.54) is 31.2 Å². The first-order valence-corrected chi connectivity index (χ1v) is 11.8. The topological polar surface area (TPSA) is 77.9 Å². The van der Waals surface area contributed by atoms with Crippen molar-refractivity contribution in [3.8, 4) is 5.75 Å². The van der Waals surface area contributed by atoms with Gasteiger partial charge in [0, 0.05) is 50.4 Å². The van der Waals surface area contributed by atoms with Gasteiger partial charge < -0.3 is 20.1 Å². The predicted octanol–water partition coefficient (Wildman–Crippen LogP) is 3.53. The number of aromatic nitrogens is 1. The number of nitrogens with zero attached hydrogens (tertiary/aromatic N) is 3. The van der Waals surface area contributed by atoms with Gasteiger partial charge in [-0.15, -0.1) is 0 Å². The Morgan fingerprint density at radius 1 is 1.13 bits per heavy atom. The lowest BCUT2D eigenvalue weighted by Crippen LogP contribution is -2.47. The summed E-state index contributed by atoms with van der Waals surface area (Å²) < 4.78 is 5.67. The summed E-state index contributed by atoms with van der Waals surface area (Å²) in [6.45, 7) is 6.15. The number of rotatable bonds is 5. The van der Waals surface area contributed by atoms with Gasteiger partial charge in [-0.3, -0.25) is 4.90 Å². The molecule has 3 heterocycles. The zero-order valence-corrected chi connectivity index (χ0v) is 18.0. The average Bonchev–Trinajstić information content (AvgIpc) is 3.57. The molecule has 2 aliphatic carbocycles. The van der Waals surface area contributed by atoms with Gasteiger partial charge in [0.05, 0.1) is 6.61 Å². The maximum Gasteiger partial charge on any atom is 0.404 e. The summed E-state index contributed by atoms with van der Waals surface area (Å²) in [6.07, 6.45) is 11.9. The van der Waals surface area contributed by atoms with Gasteiger partial charge in [0.25, 0.3) is 0 Å². The Labute approximate surface area is 179 Å². The summed E-state index contributed by atoms with van der Waals surface area (Å²) in [6, 6.07) is 2.13. The molecule has 7 nitrogen and oxygen atoms in total. The Hall–Kier alpha value is -2.02. The van der Waals surface area contributed by atoms with Crippen molar-refractivity contribution in [2.75, 3.05) is 44.2 Å². The molecule has 1 aromatic heterocycles. The number of ether oxygens (including phenoxy) is 1. The van der Waals surface area contributed by atoms with Gasteiger partial charge in [0.1, 0.15) is 11.6 Å². The summed E-state index contributed by atoms with van der Waals surface area (Å²) in [4.78, 5) is 20.3. The van der Waals surface area contributed by atoms with Gasteiger partial charge in [-0.2, -0.15) is 0 Å². The van der Waals surface area contributed by atoms with E-state index in [4.69, 9.17) is 9.84 Å². The number of fused-ring (bicyclic) bond motifs is 1. The smallest absolute Gasteiger partial charge is 0.404 e. The average molecular weight is 417 g/mol. The summed E-state index contributed by atoms with van der Waals surface area (Å²) >= 11 is 0. The first kappa shape index (κ1) is 21.2. The lowest BCUT2D eigenvalue weighted by molar-refractivity contribution is 0.177. The van der Waals surface area contributed by atoms with Crippen molar-refractivity contribution in [2.45, 2.75) is 63.8 Å². The molecule has 0 radical (unpaired) electrons. The van der Waals surface area contributed by atoms with E-state index in [-0.39, 0.29) is 6.04 Å². The Morgan fingerprint density at radius 2 is 1.87 bits per heavy atom. The van der Waals surface area contributed by atoms with E-state index in [0.717, 1.165) is 88.9 Å². The van der Waals surface area contributed by atoms with Crippen molar-refractivity contribution in [2.24, 2.45) is 5.92 Å². The molecule has 4 aliphatic rings. The molecular formula is C23H36N4O3. The fraction of sp³-hybridized carbons (Fsp3) is 0.739. The van der Waals surface area contributed by atoms with Crippen LogP contribution in [0.15, 0.2) is 12.3 Å². The molecule has 0 aromatic carbocycles. The van der Waals surface area contributed by atoms with Crippen LogP contribution in [0.5, 0.6) is 5.75 Å². The number of nitrogens with one attached hydrogen (secondary N) is 1. The largest absolute Gasteiger partial charge is 0.493 e. The first-order valence-electron chi connectivity index (χ1n) is 11.8. The van der Waals surface area contributed by atoms with Crippen LogP contribution in [-0.4, -0.2) is 66.5 Å². The second-order valence-corrected chi connectivity index (χ2v) is 9.05. The number of carboxylic acid groups (broad SMARTS) is 1. The van der Waals surface area contributed by atoms with E-state index < -0.39 is 6.09 Å². The van der Waals surface area contributed by atoms with Crippen LogP contribution in [-0.2, 0) is 6.42 Å². The van der Waals surface area contributed by atoms with Crippen LogP contribution in [0, 0.1) is 5.92 Å². The molecule has 1 aromatic rings. The van der Waals surface area contributed by atoms with Gasteiger partial charge in [0.15, 0.2) is 0 Å². The van der Waals surface area contributed by atoms with Gasteiger partial charge in [-0.05, 0) is 50.6 Å². The quantitative estimate of drug-likeness (QED) is 0.765. The van der Waals surface area contributed by atoms with E-state index in [9.17, 15) is 4.79 Å². The summed E-state index contributed by atoms with van der Waals surface area (Å²) in [5.74, 6) is 2.87. The molecule has 0 spiro atoms. The zero-order valence-electron chi connectivity index (χ0n) is 18.0. The van der Waals surface area contributed by atoms with Crippen molar-refractivity contribution < 1.29 is 14.6 Å². The van der Waals surface area contributed by atoms with E-state index >= 15 is 0 Å².